The quantitative estimate of drug-likeness (QED) is 0.822. The Kier molecular flexibility index (Phi) is 4.63. The highest BCUT2D eigenvalue weighted by molar-refractivity contribution is 7.89. The van der Waals surface area contributed by atoms with E-state index in [1.807, 2.05) is 0 Å². The minimum atomic E-state index is -3.70. The lowest BCUT2D eigenvalue weighted by atomic mass is 9.88. The summed E-state index contributed by atoms with van der Waals surface area (Å²) in [4.78, 5) is 0.168. The third-order valence-corrected chi connectivity index (χ3v) is 6.25. The smallest absolute Gasteiger partial charge is 0.242 e. The van der Waals surface area contributed by atoms with Gasteiger partial charge in [-0.3, -0.25) is 0 Å². The molecule has 21 heavy (non-hydrogen) atoms. The van der Waals surface area contributed by atoms with Crippen LogP contribution in [0.25, 0.3) is 0 Å². The number of nitrogens with two attached hydrogens (primary N) is 1. The maximum atomic E-state index is 12.6. The molecule has 1 fully saturated rings. The van der Waals surface area contributed by atoms with Crippen molar-refractivity contribution in [3.8, 4) is 0 Å². The average Bonchev–Trinajstić information content (AvgIpc) is 2.68. The van der Waals surface area contributed by atoms with Crippen LogP contribution in [-0.4, -0.2) is 19.4 Å². The number of thiocarbonyl (C=S) groups is 1. The molecule has 1 saturated carbocycles. The highest BCUT2D eigenvalue weighted by Crippen LogP contribution is 2.38. The fraction of sp³-hybridized carbons (Fsp3) is 0.500. The van der Waals surface area contributed by atoms with Crippen molar-refractivity contribution in [2.75, 3.05) is 0 Å². The van der Waals surface area contributed by atoms with Crippen LogP contribution >= 0.6 is 23.8 Å². The molecule has 3 N–H and O–H groups in total. The van der Waals surface area contributed by atoms with Gasteiger partial charge in [0.1, 0.15) is 9.88 Å². The van der Waals surface area contributed by atoms with Gasteiger partial charge in [-0.2, -0.15) is 0 Å². The maximum Gasteiger partial charge on any atom is 0.242 e. The van der Waals surface area contributed by atoms with E-state index in [4.69, 9.17) is 29.6 Å². The maximum absolute atomic E-state index is 12.6. The lowest BCUT2D eigenvalue weighted by Crippen LogP contribution is -2.41. The molecular formula is C14H19ClN2O2S2. The van der Waals surface area contributed by atoms with E-state index >= 15 is 0 Å². The Morgan fingerprint density at radius 2 is 2.14 bits per heavy atom. The molecule has 0 saturated heterocycles. The summed E-state index contributed by atoms with van der Waals surface area (Å²) in [5.41, 5.74) is 5.99. The Bertz CT molecular complexity index is 672. The summed E-state index contributed by atoms with van der Waals surface area (Å²) < 4.78 is 28.0. The number of hydrogen-bond donors (Lipinski definition) is 2. The van der Waals surface area contributed by atoms with Gasteiger partial charge >= 0.3 is 0 Å². The molecule has 1 aliphatic carbocycles. The summed E-state index contributed by atoms with van der Waals surface area (Å²) in [6.45, 7) is 4.14. The minimum absolute atomic E-state index is 0.0252. The summed E-state index contributed by atoms with van der Waals surface area (Å²) in [6.07, 6.45) is 2.85. The lowest BCUT2D eigenvalue weighted by Gasteiger charge is -2.27. The van der Waals surface area contributed by atoms with E-state index < -0.39 is 10.0 Å². The molecule has 0 heterocycles. The first-order chi connectivity index (χ1) is 9.63. The van der Waals surface area contributed by atoms with E-state index in [2.05, 4.69) is 18.6 Å². The second-order valence-corrected chi connectivity index (χ2v) is 8.59. The molecule has 116 valence electrons. The van der Waals surface area contributed by atoms with Crippen LogP contribution in [0.5, 0.6) is 0 Å². The second kappa shape index (κ2) is 5.83. The standard InChI is InChI=1S/C14H19ClN2O2S2/c1-14(2)7-3-4-12(14)17-21(18,19)11-8-9(13(16)20)5-6-10(11)15/h5-6,8,12,17H,3-4,7H2,1-2H3,(H2,16,20). The van der Waals surface area contributed by atoms with Crippen molar-refractivity contribution in [2.45, 2.75) is 44.0 Å². The molecule has 0 spiro atoms. The molecular weight excluding hydrogens is 328 g/mol. The Balaban J connectivity index is 2.36. The molecule has 1 aromatic rings. The summed E-state index contributed by atoms with van der Waals surface area (Å²) in [7, 11) is -3.70. The van der Waals surface area contributed by atoms with Crippen molar-refractivity contribution in [2.24, 2.45) is 11.1 Å². The fourth-order valence-electron chi connectivity index (χ4n) is 2.66. The predicted molar refractivity (Wildman–Crippen MR) is 89.1 cm³/mol. The zero-order valence-corrected chi connectivity index (χ0v) is 14.4. The number of nitrogens with one attached hydrogen (secondary N) is 1. The SMILES string of the molecule is CC1(C)CCCC1NS(=O)(=O)c1cc(C(N)=S)ccc1Cl. The molecule has 2 rings (SSSR count). The third kappa shape index (κ3) is 3.56. The number of sulfonamides is 1. The first-order valence-corrected chi connectivity index (χ1v) is 9.02. The Morgan fingerprint density at radius 1 is 1.48 bits per heavy atom. The molecule has 0 radical (unpaired) electrons. The zero-order valence-electron chi connectivity index (χ0n) is 12.0. The number of hydrogen-bond acceptors (Lipinski definition) is 3. The first-order valence-electron chi connectivity index (χ1n) is 6.75. The van der Waals surface area contributed by atoms with Crippen LogP contribution < -0.4 is 10.5 Å². The second-order valence-electron chi connectivity index (χ2n) is 6.06. The average molecular weight is 347 g/mol. The van der Waals surface area contributed by atoms with E-state index in [1.54, 1.807) is 6.07 Å². The Morgan fingerprint density at radius 3 is 2.67 bits per heavy atom. The number of benzene rings is 1. The molecule has 1 atom stereocenters. The molecule has 0 aliphatic heterocycles. The largest absolute Gasteiger partial charge is 0.389 e. The fourth-order valence-corrected chi connectivity index (χ4v) is 4.75. The van der Waals surface area contributed by atoms with E-state index in [0.29, 0.717) is 5.56 Å². The van der Waals surface area contributed by atoms with Crippen molar-refractivity contribution < 1.29 is 8.42 Å². The molecule has 0 bridgehead atoms. The zero-order chi connectivity index (χ0) is 15.8. The molecule has 1 aliphatic rings. The van der Waals surface area contributed by atoms with Gasteiger partial charge in [0, 0.05) is 11.6 Å². The van der Waals surface area contributed by atoms with Crippen LogP contribution in [0.4, 0.5) is 0 Å². The predicted octanol–water partition coefficient (Wildman–Crippen LogP) is 2.83. The highest BCUT2D eigenvalue weighted by Gasteiger charge is 2.37. The van der Waals surface area contributed by atoms with Gasteiger partial charge in [-0.15, -0.1) is 0 Å². The van der Waals surface area contributed by atoms with Gasteiger partial charge in [0.05, 0.1) is 5.02 Å². The number of halogens is 1. The van der Waals surface area contributed by atoms with Crippen molar-refractivity contribution in [1.29, 1.82) is 0 Å². The normalized spacial score (nSPS) is 21.4. The minimum Gasteiger partial charge on any atom is -0.389 e. The lowest BCUT2D eigenvalue weighted by molar-refractivity contribution is 0.313. The Labute approximate surface area is 136 Å². The molecule has 1 aromatic carbocycles. The van der Waals surface area contributed by atoms with Crippen molar-refractivity contribution in [3.05, 3.63) is 28.8 Å². The van der Waals surface area contributed by atoms with Crippen LogP contribution in [0, 0.1) is 5.41 Å². The van der Waals surface area contributed by atoms with Gasteiger partial charge in [0.25, 0.3) is 0 Å². The van der Waals surface area contributed by atoms with Crippen LogP contribution in [0.15, 0.2) is 23.1 Å². The van der Waals surface area contributed by atoms with Crippen LogP contribution in [0.3, 0.4) is 0 Å². The molecule has 4 nitrogen and oxygen atoms in total. The van der Waals surface area contributed by atoms with Gasteiger partial charge in [-0.1, -0.05) is 50.2 Å². The Hall–Kier alpha value is -0.690. The van der Waals surface area contributed by atoms with E-state index in [9.17, 15) is 8.42 Å². The topological polar surface area (TPSA) is 72.2 Å². The van der Waals surface area contributed by atoms with Crippen molar-refractivity contribution in [3.63, 3.8) is 0 Å². The van der Waals surface area contributed by atoms with Crippen LogP contribution in [0.1, 0.15) is 38.7 Å². The molecule has 0 amide bonds. The van der Waals surface area contributed by atoms with Crippen LogP contribution in [-0.2, 0) is 10.0 Å². The highest BCUT2D eigenvalue weighted by atomic mass is 35.5. The van der Waals surface area contributed by atoms with Crippen LogP contribution in [0.2, 0.25) is 5.02 Å². The van der Waals surface area contributed by atoms with E-state index in [-0.39, 0.29) is 26.4 Å². The van der Waals surface area contributed by atoms with Crippen molar-refractivity contribution >= 4 is 38.8 Å². The van der Waals surface area contributed by atoms with Gasteiger partial charge in [0.15, 0.2) is 0 Å². The third-order valence-electron chi connectivity index (χ3n) is 4.06. The monoisotopic (exact) mass is 346 g/mol. The van der Waals surface area contributed by atoms with Gasteiger partial charge < -0.3 is 5.73 Å². The summed E-state index contributed by atoms with van der Waals surface area (Å²) in [6, 6.07) is 4.45. The summed E-state index contributed by atoms with van der Waals surface area (Å²) in [5, 5.41) is 0.165. The van der Waals surface area contributed by atoms with Gasteiger partial charge in [0.2, 0.25) is 10.0 Å². The summed E-state index contributed by atoms with van der Waals surface area (Å²) in [5.74, 6) is 0. The van der Waals surface area contributed by atoms with Gasteiger partial charge in [-0.05, 0) is 30.4 Å². The van der Waals surface area contributed by atoms with E-state index in [0.717, 1.165) is 19.3 Å². The van der Waals surface area contributed by atoms with Gasteiger partial charge in [-0.25, -0.2) is 13.1 Å². The summed E-state index contributed by atoms with van der Waals surface area (Å²) >= 11 is 10.9. The first kappa shape index (κ1) is 16.7. The number of rotatable bonds is 4. The molecule has 0 aromatic heterocycles. The molecule has 1 unspecified atom stereocenters. The van der Waals surface area contributed by atoms with E-state index in [1.165, 1.54) is 12.1 Å². The van der Waals surface area contributed by atoms with Crippen molar-refractivity contribution in [1.82, 2.24) is 4.72 Å². The molecule has 7 heteroatoms.